The Balaban J connectivity index is 0.874. The minimum atomic E-state index is -0.410. The zero-order valence-electron chi connectivity index (χ0n) is 43.7. The third kappa shape index (κ3) is 4.21. The maximum atomic E-state index is 12.5. The van der Waals surface area contributed by atoms with E-state index in [1.165, 1.54) is 57.1 Å². The van der Waals surface area contributed by atoms with Crippen molar-refractivity contribution in [2.75, 3.05) is 0 Å². The molecule has 15 unspecified atom stereocenters. The number of rotatable bonds is 11. The van der Waals surface area contributed by atoms with Gasteiger partial charge in [-0.2, -0.15) is 0 Å². The molecule has 0 saturated heterocycles. The van der Waals surface area contributed by atoms with E-state index in [-0.39, 0.29) is 28.0 Å². The standard InChI is InChI=1S/C72H58N2O4/c1-3-32-5-9-34(10-6-32)30-77-39-27-37(28-40(29-39)78-31-35-11-7-33(4-2)8-12-35)70-72-50-26-25-49-47-23-21-45-43-19-17-41-42-18-20-44-46-22-24-48(50)58-56(46)61-54(44)52(42)59-51(41)53(43)60-55(45)57(47)67(65-63(60)62(59)64(61)66(65)68(58)72)71(49,72)69(73-70)36-13-15-38(16-14-36)74(75)76/h3-16,27-29,41-43,45,47,49,51-53,56,58,68-69H,1-2,17-26,30-31H2. The van der Waals surface area contributed by atoms with Gasteiger partial charge in [-0.05, 0) is 230 Å². The summed E-state index contributed by atoms with van der Waals surface area (Å²) >= 11 is 0. The molecular weight excluding hydrogens is 957 g/mol. The monoisotopic (exact) mass is 1010 g/mol. The summed E-state index contributed by atoms with van der Waals surface area (Å²) in [5, 5.41) is 12.5. The van der Waals surface area contributed by atoms with Gasteiger partial charge in [0.25, 0.3) is 5.69 Å². The second-order valence-electron chi connectivity index (χ2n) is 26.9. The van der Waals surface area contributed by atoms with Gasteiger partial charge in [-0.3, -0.25) is 15.1 Å². The summed E-state index contributed by atoms with van der Waals surface area (Å²) in [6.45, 7) is 8.85. The number of nitro groups is 1. The van der Waals surface area contributed by atoms with E-state index in [0.29, 0.717) is 60.6 Å². The lowest BCUT2D eigenvalue weighted by atomic mass is 9.38. The Morgan fingerprint density at radius 2 is 1.36 bits per heavy atom. The number of allylic oxidation sites excluding steroid dienone is 10. The maximum Gasteiger partial charge on any atom is 0.269 e. The summed E-state index contributed by atoms with van der Waals surface area (Å²) in [5.41, 5.74) is 36.2. The third-order valence-corrected chi connectivity index (χ3v) is 25.3. The van der Waals surface area contributed by atoms with Crippen molar-refractivity contribution < 1.29 is 14.4 Å². The van der Waals surface area contributed by atoms with E-state index in [1.807, 2.05) is 51.1 Å². The van der Waals surface area contributed by atoms with E-state index in [1.54, 1.807) is 62.3 Å². The van der Waals surface area contributed by atoms with Crippen molar-refractivity contribution in [2.45, 2.75) is 107 Å². The van der Waals surface area contributed by atoms with Crippen LogP contribution in [0.15, 0.2) is 154 Å². The molecule has 380 valence electrons. The highest BCUT2D eigenvalue weighted by molar-refractivity contribution is 6.19. The fourth-order valence-corrected chi connectivity index (χ4v) is 23.8. The number of fused-ring (bicyclic) bond motifs is 3. The molecule has 16 aliphatic rings. The van der Waals surface area contributed by atoms with E-state index < -0.39 is 5.41 Å². The minimum Gasteiger partial charge on any atom is -0.489 e. The Hall–Kier alpha value is -7.05. The van der Waals surface area contributed by atoms with Gasteiger partial charge in [0.15, 0.2) is 0 Å². The van der Waals surface area contributed by atoms with Gasteiger partial charge in [0.2, 0.25) is 0 Å². The predicted octanol–water partition coefficient (Wildman–Crippen LogP) is 15.8. The van der Waals surface area contributed by atoms with Gasteiger partial charge in [-0.25, -0.2) is 0 Å². The van der Waals surface area contributed by atoms with Crippen LogP contribution in [0.2, 0.25) is 0 Å². The minimum absolute atomic E-state index is 0.149. The third-order valence-electron chi connectivity index (χ3n) is 25.3. The molecule has 6 heteroatoms. The molecule has 0 aromatic heterocycles. The highest BCUT2D eigenvalue weighted by Crippen LogP contribution is 2.91. The summed E-state index contributed by atoms with van der Waals surface area (Å²) < 4.78 is 14.0. The number of ether oxygens (including phenoxy) is 2. The molecule has 1 aliphatic heterocycles. The Labute approximate surface area is 454 Å². The molecule has 0 N–H and O–H groups in total. The van der Waals surface area contributed by atoms with Crippen molar-refractivity contribution in [1.82, 2.24) is 0 Å². The first-order valence-corrected chi connectivity index (χ1v) is 30.0. The lowest BCUT2D eigenvalue weighted by molar-refractivity contribution is -0.384. The van der Waals surface area contributed by atoms with Crippen molar-refractivity contribution >= 4 is 34.7 Å². The number of hydrogen-bond donors (Lipinski definition) is 0. The van der Waals surface area contributed by atoms with Crippen LogP contribution in [-0.4, -0.2) is 10.6 Å². The molecule has 6 nitrogen and oxygen atoms in total. The van der Waals surface area contributed by atoms with Crippen LogP contribution < -0.4 is 9.47 Å². The summed E-state index contributed by atoms with van der Waals surface area (Å²) in [5.74, 6) is 8.66. The fraction of sp³-hybridized carbons (Fsp3) is 0.375. The summed E-state index contributed by atoms with van der Waals surface area (Å²) in [7, 11) is 0. The van der Waals surface area contributed by atoms with Gasteiger partial charge >= 0.3 is 0 Å². The molecule has 5 aromatic rings. The van der Waals surface area contributed by atoms with E-state index in [2.05, 4.69) is 92.0 Å². The second kappa shape index (κ2) is 13.5. The van der Waals surface area contributed by atoms with Gasteiger partial charge in [0, 0.05) is 46.9 Å². The molecule has 5 aromatic carbocycles. The normalized spacial score (nSPS) is 37.3. The van der Waals surface area contributed by atoms with Gasteiger partial charge in [-0.15, -0.1) is 0 Å². The number of benzene rings is 5. The lowest BCUT2D eigenvalue weighted by Crippen LogP contribution is -2.62. The van der Waals surface area contributed by atoms with Crippen molar-refractivity contribution in [3.63, 3.8) is 0 Å². The molecule has 78 heavy (non-hydrogen) atoms. The van der Waals surface area contributed by atoms with Crippen LogP contribution in [0.1, 0.15) is 155 Å². The van der Waals surface area contributed by atoms with Crippen molar-refractivity contribution in [3.05, 3.63) is 226 Å². The van der Waals surface area contributed by atoms with Crippen LogP contribution >= 0.6 is 0 Å². The molecule has 5 fully saturated rings. The van der Waals surface area contributed by atoms with Crippen LogP contribution in [0, 0.1) is 68.8 Å². The van der Waals surface area contributed by atoms with Crippen LogP contribution in [-0.2, 0) is 18.6 Å². The zero-order valence-corrected chi connectivity index (χ0v) is 43.7. The van der Waals surface area contributed by atoms with Gasteiger partial charge in [0.05, 0.1) is 22.1 Å². The van der Waals surface area contributed by atoms with Crippen LogP contribution in [0.3, 0.4) is 0 Å². The van der Waals surface area contributed by atoms with E-state index in [0.717, 1.165) is 75.5 Å². The first-order valence-electron chi connectivity index (χ1n) is 30.0. The molecule has 1 heterocycles. The highest BCUT2D eigenvalue weighted by Gasteiger charge is 2.85. The van der Waals surface area contributed by atoms with Crippen LogP contribution in [0.4, 0.5) is 5.69 Å². The lowest BCUT2D eigenvalue weighted by Gasteiger charge is -2.62. The fourth-order valence-electron chi connectivity index (χ4n) is 23.8. The number of nitro benzene ring substituents is 1. The molecule has 0 radical (unpaired) electrons. The molecule has 5 saturated carbocycles. The molecule has 15 aliphatic carbocycles. The Morgan fingerprint density at radius 3 is 2.09 bits per heavy atom. The van der Waals surface area contributed by atoms with Crippen LogP contribution in [0.25, 0.3) is 23.3 Å². The Kier molecular flexibility index (Phi) is 7.26. The van der Waals surface area contributed by atoms with E-state index in [4.69, 9.17) is 14.5 Å². The number of nitrogens with zero attached hydrogens (tertiary/aromatic N) is 2. The zero-order chi connectivity index (χ0) is 50.7. The molecule has 0 bridgehead atoms. The molecule has 0 amide bonds. The highest BCUT2D eigenvalue weighted by atomic mass is 16.6. The van der Waals surface area contributed by atoms with Gasteiger partial charge in [-0.1, -0.05) is 103 Å². The second-order valence-corrected chi connectivity index (χ2v) is 26.9. The smallest absolute Gasteiger partial charge is 0.269 e. The van der Waals surface area contributed by atoms with E-state index in [9.17, 15) is 10.1 Å². The average molecular weight is 1020 g/mol. The quantitative estimate of drug-likeness (QED) is 0.0751. The predicted molar refractivity (Wildman–Crippen MR) is 302 cm³/mol. The molecule has 21 rings (SSSR count). The van der Waals surface area contributed by atoms with E-state index >= 15 is 0 Å². The molecule has 15 atom stereocenters. The van der Waals surface area contributed by atoms with Crippen molar-refractivity contribution in [2.24, 2.45) is 63.7 Å². The summed E-state index contributed by atoms with van der Waals surface area (Å²) in [4.78, 5) is 18.9. The van der Waals surface area contributed by atoms with Crippen molar-refractivity contribution in [1.29, 1.82) is 0 Å². The van der Waals surface area contributed by atoms with Gasteiger partial charge in [0.1, 0.15) is 24.7 Å². The topological polar surface area (TPSA) is 74.0 Å². The maximum absolute atomic E-state index is 12.5. The molecule has 2 spiro atoms. The number of aliphatic imine (C=N–C) groups is 1. The largest absolute Gasteiger partial charge is 0.489 e. The van der Waals surface area contributed by atoms with Crippen LogP contribution in [0.5, 0.6) is 11.5 Å². The van der Waals surface area contributed by atoms with Gasteiger partial charge < -0.3 is 9.47 Å². The SMILES string of the molecule is C=Cc1ccc(COc2cc(OCc3ccc(C=C)cc3)cc(C3=NC(c4ccc([N+](=O)[O-])cc4)C45c6c7c8c9c%10c6C6CCC%10C%10CCC%11C%12CCC%13=C%14CCC%15=C(CCC64)C35C3C7=C4C8=C(C%12C%13=C4C%14C%153)C%11C9%10)c2)cc1. The Bertz CT molecular complexity index is 4010. The summed E-state index contributed by atoms with van der Waals surface area (Å²) in [6, 6.07) is 31.5. The number of non-ortho nitro benzene ring substituents is 1. The number of hydrogen-bond acceptors (Lipinski definition) is 5. The first-order chi connectivity index (χ1) is 38.4. The molecular formula is C72H58N2O4. The average Bonchev–Trinajstić information content (AvgIpc) is 1.53. The van der Waals surface area contributed by atoms with Crippen molar-refractivity contribution in [3.8, 4) is 11.5 Å². The summed E-state index contributed by atoms with van der Waals surface area (Å²) in [6.07, 6.45) is 16.6. The Morgan fingerprint density at radius 1 is 0.641 bits per heavy atom. The first kappa shape index (κ1) is 42.0.